The van der Waals surface area contributed by atoms with Crippen LogP contribution in [0, 0.1) is 5.92 Å². The molecule has 0 saturated carbocycles. The molecule has 2 aromatic rings. The van der Waals surface area contributed by atoms with Gasteiger partial charge < -0.3 is 0 Å². The van der Waals surface area contributed by atoms with Crippen molar-refractivity contribution in [3.8, 4) is 11.1 Å². The summed E-state index contributed by atoms with van der Waals surface area (Å²) in [4.78, 5) is 11.2. The van der Waals surface area contributed by atoms with Gasteiger partial charge in [-0.15, -0.1) is 0 Å². The van der Waals surface area contributed by atoms with Gasteiger partial charge in [0.1, 0.15) is 0 Å². The molecule has 2 aromatic carbocycles. The molecule has 0 bridgehead atoms. The Balaban J connectivity index is 2.19. The van der Waals surface area contributed by atoms with E-state index in [0.29, 0.717) is 5.92 Å². The van der Waals surface area contributed by atoms with Crippen LogP contribution in [0.3, 0.4) is 0 Å². The molecule has 0 heterocycles. The van der Waals surface area contributed by atoms with Gasteiger partial charge in [-0.2, -0.15) is 0 Å². The van der Waals surface area contributed by atoms with E-state index in [1.807, 2.05) is 24.3 Å². The largest absolute Gasteiger partial charge is 0.295 e. The number of rotatable bonds is 4. The summed E-state index contributed by atoms with van der Waals surface area (Å²) in [5, 5.41) is 0. The molecule has 0 aliphatic carbocycles. The molecular weight excluding hydrogens is 232 g/mol. The van der Waals surface area contributed by atoms with E-state index in [1.54, 1.807) is 6.92 Å². The molecule has 0 radical (unpaired) electrons. The second kappa shape index (κ2) is 5.83. The average Bonchev–Trinajstić information content (AvgIpc) is 2.39. The van der Waals surface area contributed by atoms with Crippen LogP contribution in [0.4, 0.5) is 0 Å². The monoisotopic (exact) mass is 252 g/mol. The van der Waals surface area contributed by atoms with Gasteiger partial charge in [0, 0.05) is 5.56 Å². The predicted molar refractivity (Wildman–Crippen MR) is 80.4 cm³/mol. The highest BCUT2D eigenvalue weighted by Crippen LogP contribution is 2.21. The number of carbonyl (C=O) groups excluding carboxylic acids is 1. The molecule has 19 heavy (non-hydrogen) atoms. The van der Waals surface area contributed by atoms with E-state index >= 15 is 0 Å². The summed E-state index contributed by atoms with van der Waals surface area (Å²) in [5.41, 5.74) is 4.49. The summed E-state index contributed by atoms with van der Waals surface area (Å²) >= 11 is 0. The molecular formula is C18H20O. The molecule has 0 amide bonds. The predicted octanol–water partition coefficient (Wildman–Crippen LogP) is 4.75. The average molecular weight is 252 g/mol. The van der Waals surface area contributed by atoms with Gasteiger partial charge in [0.25, 0.3) is 0 Å². The zero-order valence-electron chi connectivity index (χ0n) is 11.8. The van der Waals surface area contributed by atoms with Crippen LogP contribution in [0.1, 0.15) is 36.7 Å². The fourth-order valence-electron chi connectivity index (χ4n) is 2.20. The Bertz CT molecular complexity index is 547. The van der Waals surface area contributed by atoms with Gasteiger partial charge in [-0.1, -0.05) is 62.4 Å². The van der Waals surface area contributed by atoms with Gasteiger partial charge in [-0.3, -0.25) is 4.79 Å². The molecule has 0 unspecified atom stereocenters. The van der Waals surface area contributed by atoms with E-state index < -0.39 is 0 Å². The van der Waals surface area contributed by atoms with E-state index in [1.165, 1.54) is 11.1 Å². The topological polar surface area (TPSA) is 17.1 Å². The minimum atomic E-state index is 0.110. The van der Waals surface area contributed by atoms with Crippen molar-refractivity contribution in [1.82, 2.24) is 0 Å². The standard InChI is InChI=1S/C18H20O/c1-13(2)12-15-4-6-17(7-5-15)18-10-8-16(9-11-18)14(3)19/h4-11,13H,12H2,1-3H3. The number of benzene rings is 2. The summed E-state index contributed by atoms with van der Waals surface area (Å²) < 4.78 is 0. The Labute approximate surface area is 115 Å². The third-order valence-electron chi connectivity index (χ3n) is 3.22. The second-order valence-electron chi connectivity index (χ2n) is 5.43. The summed E-state index contributed by atoms with van der Waals surface area (Å²) in [6.45, 7) is 6.05. The number of ketones is 1. The first-order chi connectivity index (χ1) is 9.06. The molecule has 1 nitrogen and oxygen atoms in total. The van der Waals surface area contributed by atoms with E-state index in [9.17, 15) is 4.79 Å². The first-order valence-corrected chi connectivity index (χ1v) is 6.76. The van der Waals surface area contributed by atoms with Gasteiger partial charge in [-0.05, 0) is 36.0 Å². The lowest BCUT2D eigenvalue weighted by Gasteiger charge is -2.07. The second-order valence-corrected chi connectivity index (χ2v) is 5.43. The van der Waals surface area contributed by atoms with Gasteiger partial charge >= 0.3 is 0 Å². The SMILES string of the molecule is CC(=O)c1ccc(-c2ccc(CC(C)C)cc2)cc1. The minimum Gasteiger partial charge on any atom is -0.295 e. The Morgan fingerprint density at radius 3 is 1.79 bits per heavy atom. The molecule has 0 atom stereocenters. The first-order valence-electron chi connectivity index (χ1n) is 6.76. The number of Topliss-reactive ketones (excluding diaryl/α,β-unsaturated/α-hetero) is 1. The Kier molecular flexibility index (Phi) is 4.16. The molecule has 0 aromatic heterocycles. The lowest BCUT2D eigenvalue weighted by Crippen LogP contribution is -1.93. The number of carbonyl (C=O) groups is 1. The molecule has 2 rings (SSSR count). The van der Waals surface area contributed by atoms with Crippen molar-refractivity contribution in [1.29, 1.82) is 0 Å². The maximum Gasteiger partial charge on any atom is 0.159 e. The molecule has 0 aliphatic heterocycles. The molecule has 0 spiro atoms. The molecule has 0 aliphatic rings. The fraction of sp³-hybridized carbons (Fsp3) is 0.278. The van der Waals surface area contributed by atoms with Crippen molar-refractivity contribution < 1.29 is 4.79 Å². The fourth-order valence-corrected chi connectivity index (χ4v) is 2.20. The van der Waals surface area contributed by atoms with Crippen LogP contribution in [0.15, 0.2) is 48.5 Å². The van der Waals surface area contributed by atoms with E-state index in [4.69, 9.17) is 0 Å². The van der Waals surface area contributed by atoms with E-state index in [0.717, 1.165) is 17.5 Å². The molecule has 1 heteroatoms. The van der Waals surface area contributed by atoms with Crippen LogP contribution in [-0.4, -0.2) is 5.78 Å². The van der Waals surface area contributed by atoms with E-state index in [-0.39, 0.29) is 5.78 Å². The van der Waals surface area contributed by atoms with E-state index in [2.05, 4.69) is 38.1 Å². The van der Waals surface area contributed by atoms with Crippen LogP contribution in [0.2, 0.25) is 0 Å². The van der Waals surface area contributed by atoms with Crippen molar-refractivity contribution in [3.63, 3.8) is 0 Å². The molecule has 0 saturated heterocycles. The van der Waals surface area contributed by atoms with Crippen molar-refractivity contribution in [2.75, 3.05) is 0 Å². The molecule has 98 valence electrons. The Morgan fingerprint density at radius 2 is 1.37 bits per heavy atom. The maximum absolute atomic E-state index is 11.2. The third-order valence-corrected chi connectivity index (χ3v) is 3.22. The molecule has 0 N–H and O–H groups in total. The number of hydrogen-bond acceptors (Lipinski definition) is 1. The van der Waals surface area contributed by atoms with Gasteiger partial charge in [0.15, 0.2) is 5.78 Å². The summed E-state index contributed by atoms with van der Waals surface area (Å²) in [6.07, 6.45) is 1.11. The zero-order chi connectivity index (χ0) is 13.8. The van der Waals surface area contributed by atoms with Crippen molar-refractivity contribution in [2.24, 2.45) is 5.92 Å². The highest BCUT2D eigenvalue weighted by Gasteiger charge is 2.02. The van der Waals surface area contributed by atoms with Crippen LogP contribution in [-0.2, 0) is 6.42 Å². The van der Waals surface area contributed by atoms with Gasteiger partial charge in [0.05, 0.1) is 0 Å². The van der Waals surface area contributed by atoms with Gasteiger partial charge in [-0.25, -0.2) is 0 Å². The smallest absolute Gasteiger partial charge is 0.159 e. The summed E-state index contributed by atoms with van der Waals surface area (Å²) in [5.74, 6) is 0.791. The normalized spacial score (nSPS) is 10.7. The van der Waals surface area contributed by atoms with Crippen LogP contribution >= 0.6 is 0 Å². The van der Waals surface area contributed by atoms with Crippen molar-refractivity contribution in [3.05, 3.63) is 59.7 Å². The van der Waals surface area contributed by atoms with Crippen molar-refractivity contribution in [2.45, 2.75) is 27.2 Å². The maximum atomic E-state index is 11.2. The quantitative estimate of drug-likeness (QED) is 0.717. The first kappa shape index (κ1) is 13.5. The summed E-state index contributed by atoms with van der Waals surface area (Å²) in [6, 6.07) is 16.5. The van der Waals surface area contributed by atoms with Crippen LogP contribution in [0.5, 0.6) is 0 Å². The third kappa shape index (κ3) is 3.54. The van der Waals surface area contributed by atoms with Crippen LogP contribution < -0.4 is 0 Å². The van der Waals surface area contributed by atoms with Crippen molar-refractivity contribution >= 4 is 5.78 Å². The lowest BCUT2D eigenvalue weighted by molar-refractivity contribution is 0.101. The minimum absolute atomic E-state index is 0.110. The number of hydrogen-bond donors (Lipinski definition) is 0. The molecule has 0 fully saturated rings. The highest BCUT2D eigenvalue weighted by molar-refractivity contribution is 5.94. The van der Waals surface area contributed by atoms with Gasteiger partial charge in [0.2, 0.25) is 0 Å². The highest BCUT2D eigenvalue weighted by atomic mass is 16.1. The summed E-state index contributed by atoms with van der Waals surface area (Å²) in [7, 11) is 0. The zero-order valence-corrected chi connectivity index (χ0v) is 11.8. The van der Waals surface area contributed by atoms with Crippen LogP contribution in [0.25, 0.3) is 11.1 Å². The Morgan fingerprint density at radius 1 is 0.895 bits per heavy atom. The lowest BCUT2D eigenvalue weighted by atomic mass is 9.98. The Hall–Kier alpha value is -1.89.